The summed E-state index contributed by atoms with van der Waals surface area (Å²) in [4.78, 5) is 22.4. The number of nitrogens with one attached hydrogen (secondary N) is 2. The highest BCUT2D eigenvalue weighted by molar-refractivity contribution is 9.10. The van der Waals surface area contributed by atoms with Gasteiger partial charge in [-0.3, -0.25) is 9.59 Å². The second kappa shape index (κ2) is 6.90. The van der Waals surface area contributed by atoms with Crippen molar-refractivity contribution in [2.24, 2.45) is 0 Å². The molecule has 1 aromatic carbocycles. The summed E-state index contributed by atoms with van der Waals surface area (Å²) >= 11 is 3.00. The molecule has 0 aliphatic carbocycles. The van der Waals surface area contributed by atoms with Crippen LogP contribution in [0.4, 0.5) is 4.39 Å². The highest BCUT2D eigenvalue weighted by Crippen LogP contribution is 2.16. The molecule has 0 unspecified atom stereocenters. The van der Waals surface area contributed by atoms with Gasteiger partial charge in [-0.2, -0.15) is 0 Å². The van der Waals surface area contributed by atoms with Crippen LogP contribution in [0.25, 0.3) is 0 Å². The molecule has 1 aromatic rings. The van der Waals surface area contributed by atoms with Crippen LogP contribution < -0.4 is 10.6 Å². The molecule has 0 saturated heterocycles. The molecule has 2 amide bonds. The molecular weight excluding hydrogens is 303 g/mol. The zero-order chi connectivity index (χ0) is 13.5. The minimum absolute atomic E-state index is 0.228. The van der Waals surface area contributed by atoms with E-state index in [2.05, 4.69) is 33.1 Å². The second-order valence-electron chi connectivity index (χ2n) is 3.38. The molecule has 4 nitrogen and oxygen atoms in total. The van der Waals surface area contributed by atoms with E-state index in [-0.39, 0.29) is 24.6 Å². The summed E-state index contributed by atoms with van der Waals surface area (Å²) in [6, 6.07) is 4.11. The Morgan fingerprint density at radius 2 is 2.00 bits per heavy atom. The molecular formula is C12H12BrFN2O2. The third kappa shape index (κ3) is 4.29. The Bertz CT molecular complexity index is 477. The van der Waals surface area contributed by atoms with Gasteiger partial charge in [0.25, 0.3) is 5.91 Å². The van der Waals surface area contributed by atoms with Crippen molar-refractivity contribution in [2.45, 2.75) is 0 Å². The molecule has 0 aliphatic heterocycles. The number of amides is 2. The monoisotopic (exact) mass is 314 g/mol. The highest BCUT2D eigenvalue weighted by Gasteiger charge is 2.07. The standard InChI is InChI=1S/C12H12BrFN2O2/c1-2-11(17)15-5-6-16-12(18)8-3-4-9(13)10(14)7-8/h2-4,7H,1,5-6H2,(H,15,17)(H,16,18). The van der Waals surface area contributed by atoms with Gasteiger partial charge in [0.15, 0.2) is 0 Å². The molecule has 0 fully saturated rings. The lowest BCUT2D eigenvalue weighted by molar-refractivity contribution is -0.116. The van der Waals surface area contributed by atoms with E-state index in [0.29, 0.717) is 4.47 Å². The maximum absolute atomic E-state index is 13.2. The summed E-state index contributed by atoms with van der Waals surface area (Å²) in [5.41, 5.74) is 0.228. The van der Waals surface area contributed by atoms with Gasteiger partial charge in [0.1, 0.15) is 5.82 Å². The third-order valence-corrected chi connectivity index (χ3v) is 2.72. The van der Waals surface area contributed by atoms with E-state index >= 15 is 0 Å². The van der Waals surface area contributed by atoms with Crippen LogP contribution in [0, 0.1) is 5.82 Å². The summed E-state index contributed by atoms with van der Waals surface area (Å²) in [5, 5.41) is 5.06. The third-order valence-electron chi connectivity index (χ3n) is 2.08. The fourth-order valence-electron chi connectivity index (χ4n) is 1.17. The summed E-state index contributed by atoms with van der Waals surface area (Å²) in [5.74, 6) is -1.20. The predicted octanol–water partition coefficient (Wildman–Crippen LogP) is 1.62. The average molecular weight is 315 g/mol. The van der Waals surface area contributed by atoms with E-state index in [0.717, 1.165) is 12.1 Å². The number of carbonyl (C=O) groups is 2. The first-order valence-electron chi connectivity index (χ1n) is 5.18. The van der Waals surface area contributed by atoms with Crippen molar-refractivity contribution in [3.8, 4) is 0 Å². The molecule has 2 N–H and O–H groups in total. The van der Waals surface area contributed by atoms with E-state index in [1.54, 1.807) is 0 Å². The molecule has 0 spiro atoms. The molecule has 0 bridgehead atoms. The van der Waals surface area contributed by atoms with Gasteiger partial charge in [-0.05, 0) is 40.2 Å². The van der Waals surface area contributed by atoms with E-state index in [9.17, 15) is 14.0 Å². The van der Waals surface area contributed by atoms with Crippen LogP contribution in [0.2, 0.25) is 0 Å². The molecule has 0 radical (unpaired) electrons. The zero-order valence-electron chi connectivity index (χ0n) is 9.50. The Morgan fingerprint density at radius 1 is 1.33 bits per heavy atom. The summed E-state index contributed by atoms with van der Waals surface area (Å²) in [7, 11) is 0. The minimum atomic E-state index is -0.498. The fraction of sp³-hybridized carbons (Fsp3) is 0.167. The normalized spacial score (nSPS) is 9.67. The van der Waals surface area contributed by atoms with Gasteiger partial charge >= 0.3 is 0 Å². The average Bonchev–Trinajstić information content (AvgIpc) is 2.37. The molecule has 0 saturated carbocycles. The maximum atomic E-state index is 13.2. The summed E-state index contributed by atoms with van der Waals surface area (Å²) in [6.07, 6.45) is 1.14. The number of carbonyl (C=O) groups excluding carboxylic acids is 2. The van der Waals surface area contributed by atoms with Crippen molar-refractivity contribution in [3.63, 3.8) is 0 Å². The lowest BCUT2D eigenvalue weighted by Crippen LogP contribution is -2.33. The van der Waals surface area contributed by atoms with Crippen LogP contribution in [0.1, 0.15) is 10.4 Å². The predicted molar refractivity (Wildman–Crippen MR) is 69.6 cm³/mol. The van der Waals surface area contributed by atoms with Gasteiger partial charge in [0.2, 0.25) is 5.91 Å². The number of benzene rings is 1. The summed E-state index contributed by atoms with van der Waals surface area (Å²) < 4.78 is 13.5. The first kappa shape index (κ1) is 14.4. The van der Waals surface area contributed by atoms with Crippen LogP contribution in [0.15, 0.2) is 35.3 Å². The molecule has 0 aliphatic rings. The van der Waals surface area contributed by atoms with E-state index in [4.69, 9.17) is 0 Å². The minimum Gasteiger partial charge on any atom is -0.351 e. The topological polar surface area (TPSA) is 58.2 Å². The summed E-state index contributed by atoms with van der Waals surface area (Å²) in [6.45, 7) is 3.84. The van der Waals surface area contributed by atoms with Gasteiger partial charge in [-0.1, -0.05) is 6.58 Å². The van der Waals surface area contributed by atoms with Crippen LogP contribution in [0.5, 0.6) is 0 Å². The Hall–Kier alpha value is -1.69. The molecule has 0 heterocycles. The first-order chi connectivity index (χ1) is 8.54. The van der Waals surface area contributed by atoms with Gasteiger partial charge in [0.05, 0.1) is 4.47 Å². The van der Waals surface area contributed by atoms with E-state index in [1.807, 2.05) is 0 Å². The molecule has 0 aromatic heterocycles. The fourth-order valence-corrected chi connectivity index (χ4v) is 1.42. The van der Waals surface area contributed by atoms with Gasteiger partial charge < -0.3 is 10.6 Å². The lowest BCUT2D eigenvalue weighted by Gasteiger charge is -2.06. The van der Waals surface area contributed by atoms with Gasteiger partial charge in [0, 0.05) is 18.7 Å². The number of hydrogen-bond donors (Lipinski definition) is 2. The lowest BCUT2D eigenvalue weighted by atomic mass is 10.2. The van der Waals surface area contributed by atoms with Crippen LogP contribution in [-0.2, 0) is 4.79 Å². The largest absolute Gasteiger partial charge is 0.351 e. The quantitative estimate of drug-likeness (QED) is 0.641. The number of halogens is 2. The number of hydrogen-bond acceptors (Lipinski definition) is 2. The zero-order valence-corrected chi connectivity index (χ0v) is 11.1. The Kier molecular flexibility index (Phi) is 5.51. The number of rotatable bonds is 5. The van der Waals surface area contributed by atoms with Crippen molar-refractivity contribution in [2.75, 3.05) is 13.1 Å². The van der Waals surface area contributed by atoms with Crippen molar-refractivity contribution in [1.29, 1.82) is 0 Å². The van der Waals surface area contributed by atoms with Crippen molar-refractivity contribution in [3.05, 3.63) is 46.7 Å². The van der Waals surface area contributed by atoms with Crippen LogP contribution >= 0.6 is 15.9 Å². The molecule has 6 heteroatoms. The Morgan fingerprint density at radius 3 is 2.61 bits per heavy atom. The smallest absolute Gasteiger partial charge is 0.251 e. The van der Waals surface area contributed by atoms with E-state index < -0.39 is 11.7 Å². The first-order valence-corrected chi connectivity index (χ1v) is 5.97. The highest BCUT2D eigenvalue weighted by atomic mass is 79.9. The van der Waals surface area contributed by atoms with E-state index in [1.165, 1.54) is 12.1 Å². The van der Waals surface area contributed by atoms with Crippen LogP contribution in [-0.4, -0.2) is 24.9 Å². The van der Waals surface area contributed by atoms with Crippen molar-refractivity contribution < 1.29 is 14.0 Å². The SMILES string of the molecule is C=CC(=O)NCCNC(=O)c1ccc(Br)c(F)c1. The Labute approximate surface area is 112 Å². The van der Waals surface area contributed by atoms with Crippen LogP contribution in [0.3, 0.4) is 0 Å². The van der Waals surface area contributed by atoms with Crippen molar-refractivity contribution in [1.82, 2.24) is 10.6 Å². The molecule has 0 atom stereocenters. The maximum Gasteiger partial charge on any atom is 0.251 e. The molecule has 18 heavy (non-hydrogen) atoms. The molecule has 96 valence electrons. The Balaban J connectivity index is 2.43. The van der Waals surface area contributed by atoms with Gasteiger partial charge in [-0.15, -0.1) is 0 Å². The van der Waals surface area contributed by atoms with Gasteiger partial charge in [-0.25, -0.2) is 4.39 Å². The van der Waals surface area contributed by atoms with Crippen molar-refractivity contribution >= 4 is 27.7 Å². The molecule has 1 rings (SSSR count). The second-order valence-corrected chi connectivity index (χ2v) is 4.23.